The third-order valence-electron chi connectivity index (χ3n) is 3.81. The Morgan fingerprint density at radius 1 is 1.47 bits per heavy atom. The van der Waals surface area contributed by atoms with E-state index in [9.17, 15) is 9.59 Å². The molecule has 0 amide bonds. The van der Waals surface area contributed by atoms with Gasteiger partial charge in [-0.05, 0) is 25.0 Å². The number of ether oxygens (including phenoxy) is 1. The smallest absolute Gasteiger partial charge is 0.332 e. The number of carbonyl (C=O) groups is 2. The first kappa shape index (κ1) is 13.6. The van der Waals surface area contributed by atoms with Gasteiger partial charge in [-0.1, -0.05) is 18.2 Å². The highest BCUT2D eigenvalue weighted by Gasteiger charge is 2.48. The molecule has 1 unspecified atom stereocenters. The molecule has 0 spiro atoms. The number of nitrogens with zero attached hydrogens (tertiary/aromatic N) is 1. The second kappa shape index (κ2) is 5.43. The molecule has 0 aliphatic carbocycles. The van der Waals surface area contributed by atoms with Crippen LogP contribution in [0.2, 0.25) is 0 Å². The molecule has 0 aromatic heterocycles. The number of fused-ring (bicyclic) bond motifs is 1. The average Bonchev–Trinajstić information content (AvgIpc) is 2.71. The van der Waals surface area contributed by atoms with Gasteiger partial charge in [-0.15, -0.1) is 0 Å². The fraction of sp³-hybridized carbons (Fsp3) is 0.467. The van der Waals surface area contributed by atoms with E-state index in [-0.39, 0.29) is 5.97 Å². The van der Waals surface area contributed by atoms with Gasteiger partial charge in [-0.2, -0.15) is 0 Å². The van der Waals surface area contributed by atoms with Crippen LogP contribution in [-0.2, 0) is 20.7 Å². The van der Waals surface area contributed by atoms with Gasteiger partial charge in [0, 0.05) is 25.6 Å². The topological polar surface area (TPSA) is 46.6 Å². The van der Waals surface area contributed by atoms with Crippen LogP contribution in [0.4, 0.5) is 5.69 Å². The Kier molecular flexibility index (Phi) is 3.88. The maximum atomic E-state index is 12.4. The monoisotopic (exact) mass is 261 g/mol. The molecule has 1 aromatic carbocycles. The number of carbonyl (C=O) groups excluding carboxylic acids is 2. The van der Waals surface area contributed by atoms with E-state index < -0.39 is 5.54 Å². The maximum Gasteiger partial charge on any atom is 0.332 e. The molecule has 1 atom stereocenters. The molecule has 0 bridgehead atoms. The normalized spacial score (nSPS) is 21.1. The van der Waals surface area contributed by atoms with E-state index in [0.29, 0.717) is 25.9 Å². The summed E-state index contributed by atoms with van der Waals surface area (Å²) < 4.78 is 5.23. The quantitative estimate of drug-likeness (QED) is 0.600. The summed E-state index contributed by atoms with van der Waals surface area (Å²) in [5, 5.41) is 0. The zero-order valence-corrected chi connectivity index (χ0v) is 11.4. The molecule has 1 aliphatic heterocycles. The summed E-state index contributed by atoms with van der Waals surface area (Å²) in [6, 6.07) is 7.94. The summed E-state index contributed by atoms with van der Waals surface area (Å²) >= 11 is 0. The Bertz CT molecular complexity index is 486. The first-order chi connectivity index (χ1) is 9.15. The minimum Gasteiger partial charge on any atom is -0.464 e. The molecule has 2 rings (SSSR count). The first-order valence-corrected chi connectivity index (χ1v) is 6.58. The van der Waals surface area contributed by atoms with Crippen LogP contribution in [0.5, 0.6) is 0 Å². The number of rotatable bonds is 5. The van der Waals surface area contributed by atoms with Gasteiger partial charge >= 0.3 is 5.97 Å². The standard InChI is InChI=1S/C15H19NO3/c1-3-19-14(18)15(9-6-10-17)11-12-7-4-5-8-13(12)16(15)2/h4-5,7-8,10H,3,6,9,11H2,1-2H3. The molecule has 1 heterocycles. The molecular weight excluding hydrogens is 242 g/mol. The Morgan fingerprint density at radius 2 is 2.21 bits per heavy atom. The number of benzene rings is 1. The van der Waals surface area contributed by atoms with E-state index >= 15 is 0 Å². The second-order valence-corrected chi connectivity index (χ2v) is 4.82. The lowest BCUT2D eigenvalue weighted by Gasteiger charge is -2.35. The van der Waals surface area contributed by atoms with Crippen molar-refractivity contribution in [2.75, 3.05) is 18.6 Å². The van der Waals surface area contributed by atoms with Gasteiger partial charge in [-0.25, -0.2) is 4.79 Å². The molecule has 1 aliphatic rings. The van der Waals surface area contributed by atoms with E-state index in [4.69, 9.17) is 4.74 Å². The molecule has 4 heteroatoms. The molecule has 4 nitrogen and oxygen atoms in total. The Hall–Kier alpha value is -1.84. The summed E-state index contributed by atoms with van der Waals surface area (Å²) in [7, 11) is 1.90. The van der Waals surface area contributed by atoms with Crippen molar-refractivity contribution in [3.63, 3.8) is 0 Å². The Labute approximate surface area is 113 Å². The molecule has 0 saturated heterocycles. The van der Waals surface area contributed by atoms with Crippen LogP contribution in [0, 0.1) is 0 Å². The van der Waals surface area contributed by atoms with Crippen molar-refractivity contribution in [1.82, 2.24) is 0 Å². The number of likely N-dealkylation sites (N-methyl/N-ethyl adjacent to an activating group) is 1. The zero-order chi connectivity index (χ0) is 13.9. The molecule has 102 valence electrons. The van der Waals surface area contributed by atoms with Gasteiger partial charge in [0.2, 0.25) is 0 Å². The predicted octanol–water partition coefficient (Wildman–Crippen LogP) is 1.96. The minimum absolute atomic E-state index is 0.240. The van der Waals surface area contributed by atoms with Crippen molar-refractivity contribution in [1.29, 1.82) is 0 Å². The van der Waals surface area contributed by atoms with Gasteiger partial charge in [0.05, 0.1) is 6.61 Å². The third-order valence-corrected chi connectivity index (χ3v) is 3.81. The average molecular weight is 261 g/mol. The lowest BCUT2D eigenvalue weighted by Crippen LogP contribution is -2.52. The number of para-hydroxylation sites is 1. The van der Waals surface area contributed by atoms with Crippen LogP contribution in [0.15, 0.2) is 24.3 Å². The van der Waals surface area contributed by atoms with Crippen molar-refractivity contribution in [2.45, 2.75) is 31.7 Å². The van der Waals surface area contributed by atoms with E-state index in [0.717, 1.165) is 17.5 Å². The number of esters is 1. The summed E-state index contributed by atoms with van der Waals surface area (Å²) in [5.74, 6) is -0.240. The molecule has 0 fully saturated rings. The van der Waals surface area contributed by atoms with Gasteiger partial charge in [-0.3, -0.25) is 0 Å². The van der Waals surface area contributed by atoms with E-state index in [1.165, 1.54) is 0 Å². The van der Waals surface area contributed by atoms with Crippen LogP contribution in [0.1, 0.15) is 25.3 Å². The number of hydrogen-bond donors (Lipinski definition) is 0. The highest BCUT2D eigenvalue weighted by atomic mass is 16.5. The fourth-order valence-electron chi connectivity index (χ4n) is 2.78. The van der Waals surface area contributed by atoms with Gasteiger partial charge in [0.25, 0.3) is 0 Å². The summed E-state index contributed by atoms with van der Waals surface area (Å²) in [5.41, 5.74) is 1.44. The highest BCUT2D eigenvalue weighted by molar-refractivity contribution is 5.89. The lowest BCUT2D eigenvalue weighted by atomic mass is 9.89. The SMILES string of the molecule is CCOC(=O)C1(CCC=O)Cc2ccccc2N1C. The number of aldehydes is 1. The minimum atomic E-state index is -0.736. The van der Waals surface area contributed by atoms with Crippen molar-refractivity contribution >= 4 is 17.9 Å². The Balaban J connectivity index is 2.36. The van der Waals surface area contributed by atoms with E-state index in [1.807, 2.05) is 36.2 Å². The van der Waals surface area contributed by atoms with Crippen molar-refractivity contribution < 1.29 is 14.3 Å². The third kappa shape index (κ3) is 2.23. The summed E-state index contributed by atoms with van der Waals surface area (Å²) in [6.45, 7) is 2.15. The fourth-order valence-corrected chi connectivity index (χ4v) is 2.78. The zero-order valence-electron chi connectivity index (χ0n) is 11.4. The number of hydrogen-bond acceptors (Lipinski definition) is 4. The highest BCUT2D eigenvalue weighted by Crippen LogP contribution is 2.40. The Morgan fingerprint density at radius 3 is 2.84 bits per heavy atom. The summed E-state index contributed by atoms with van der Waals surface area (Å²) in [6.07, 6.45) is 2.31. The van der Waals surface area contributed by atoms with Gasteiger partial charge in [0.15, 0.2) is 0 Å². The van der Waals surface area contributed by atoms with Gasteiger partial charge < -0.3 is 14.4 Å². The molecule has 0 N–H and O–H groups in total. The second-order valence-electron chi connectivity index (χ2n) is 4.82. The first-order valence-electron chi connectivity index (χ1n) is 6.58. The molecular formula is C15H19NO3. The molecule has 1 aromatic rings. The molecule has 0 radical (unpaired) electrons. The van der Waals surface area contributed by atoms with Gasteiger partial charge in [0.1, 0.15) is 11.8 Å². The van der Waals surface area contributed by atoms with Crippen molar-refractivity contribution in [3.8, 4) is 0 Å². The largest absolute Gasteiger partial charge is 0.464 e. The van der Waals surface area contributed by atoms with Crippen LogP contribution >= 0.6 is 0 Å². The van der Waals surface area contributed by atoms with E-state index in [2.05, 4.69) is 0 Å². The molecule has 0 saturated carbocycles. The summed E-state index contributed by atoms with van der Waals surface area (Å²) in [4.78, 5) is 25.0. The molecule has 19 heavy (non-hydrogen) atoms. The van der Waals surface area contributed by atoms with Crippen molar-refractivity contribution in [3.05, 3.63) is 29.8 Å². The lowest BCUT2D eigenvalue weighted by molar-refractivity contribution is -0.149. The van der Waals surface area contributed by atoms with Crippen LogP contribution in [-0.4, -0.2) is 31.4 Å². The number of anilines is 1. The van der Waals surface area contributed by atoms with Crippen LogP contribution < -0.4 is 4.90 Å². The predicted molar refractivity (Wildman–Crippen MR) is 73.2 cm³/mol. The van der Waals surface area contributed by atoms with Crippen LogP contribution in [0.3, 0.4) is 0 Å². The van der Waals surface area contributed by atoms with Crippen molar-refractivity contribution in [2.24, 2.45) is 0 Å². The van der Waals surface area contributed by atoms with E-state index in [1.54, 1.807) is 6.92 Å². The van der Waals surface area contributed by atoms with Crippen LogP contribution in [0.25, 0.3) is 0 Å². The maximum absolute atomic E-state index is 12.4.